The molecule has 84 valence electrons. The van der Waals surface area contributed by atoms with E-state index in [-0.39, 0.29) is 12.4 Å². The van der Waals surface area contributed by atoms with Gasteiger partial charge in [-0.05, 0) is 6.92 Å². The average molecular weight is 216 g/mol. The van der Waals surface area contributed by atoms with Crippen molar-refractivity contribution in [3.05, 3.63) is 11.8 Å². The van der Waals surface area contributed by atoms with Crippen molar-refractivity contribution in [2.45, 2.75) is 13.0 Å². The van der Waals surface area contributed by atoms with Crippen molar-refractivity contribution in [3.8, 4) is 0 Å². The van der Waals surface area contributed by atoms with Crippen molar-refractivity contribution < 1.29 is 28.5 Å². The number of cyclic esters (lactones) is 1. The highest BCUT2D eigenvalue weighted by atomic mass is 16.7. The molecule has 0 aromatic carbocycles. The molecule has 0 aromatic rings. The molecule has 0 aliphatic carbocycles. The quantitative estimate of drug-likeness (QED) is 0.506. The smallest absolute Gasteiger partial charge is 0.451 e. The van der Waals surface area contributed by atoms with Crippen LogP contribution >= 0.6 is 0 Å². The summed E-state index contributed by atoms with van der Waals surface area (Å²) in [7, 11) is 1.49. The van der Waals surface area contributed by atoms with Crippen LogP contribution in [0.5, 0.6) is 0 Å². The third-order valence-corrected chi connectivity index (χ3v) is 1.66. The molecule has 0 aromatic heterocycles. The second kappa shape index (κ2) is 5.35. The maximum absolute atomic E-state index is 11.0. The van der Waals surface area contributed by atoms with Crippen LogP contribution in [0.3, 0.4) is 0 Å². The van der Waals surface area contributed by atoms with Crippen molar-refractivity contribution in [1.82, 2.24) is 0 Å². The lowest BCUT2D eigenvalue weighted by Gasteiger charge is -2.08. The summed E-state index contributed by atoms with van der Waals surface area (Å²) < 4.78 is 18.8. The monoisotopic (exact) mass is 216 g/mol. The van der Waals surface area contributed by atoms with Crippen LogP contribution in [-0.2, 0) is 23.7 Å². The Kier molecular flexibility index (Phi) is 4.11. The largest absolute Gasteiger partial charge is 0.513 e. The van der Waals surface area contributed by atoms with Gasteiger partial charge in [0, 0.05) is 7.11 Å². The van der Waals surface area contributed by atoms with E-state index in [4.69, 9.17) is 9.47 Å². The van der Waals surface area contributed by atoms with E-state index in [0.29, 0.717) is 6.61 Å². The molecule has 0 radical (unpaired) electrons. The first-order chi connectivity index (χ1) is 7.13. The molecular weight excluding hydrogens is 204 g/mol. The molecule has 1 heterocycles. The van der Waals surface area contributed by atoms with Gasteiger partial charge in [-0.3, -0.25) is 0 Å². The summed E-state index contributed by atoms with van der Waals surface area (Å²) in [6.45, 7) is 1.99. The second-order valence-corrected chi connectivity index (χ2v) is 2.82. The van der Waals surface area contributed by atoms with Gasteiger partial charge in [-0.25, -0.2) is 9.59 Å². The minimum Gasteiger partial charge on any atom is -0.451 e. The van der Waals surface area contributed by atoms with E-state index in [1.807, 2.05) is 0 Å². The van der Waals surface area contributed by atoms with Crippen LogP contribution in [0.1, 0.15) is 6.92 Å². The Morgan fingerprint density at radius 2 is 2.27 bits per heavy atom. The summed E-state index contributed by atoms with van der Waals surface area (Å²) in [5, 5.41) is 0. The minimum absolute atomic E-state index is 0.103. The first kappa shape index (κ1) is 11.5. The Hall–Kier alpha value is -1.56. The summed E-state index contributed by atoms with van der Waals surface area (Å²) in [5.41, 5.74) is 0. The van der Waals surface area contributed by atoms with Gasteiger partial charge in [0.15, 0.2) is 11.9 Å². The number of ether oxygens (including phenoxy) is 4. The van der Waals surface area contributed by atoms with Gasteiger partial charge in [0.05, 0.1) is 12.7 Å². The van der Waals surface area contributed by atoms with Crippen LogP contribution < -0.4 is 0 Å². The lowest BCUT2D eigenvalue weighted by molar-refractivity contribution is -0.138. The van der Waals surface area contributed by atoms with Crippen molar-refractivity contribution in [3.63, 3.8) is 0 Å². The number of hydrogen-bond acceptors (Lipinski definition) is 6. The van der Waals surface area contributed by atoms with E-state index >= 15 is 0 Å². The zero-order valence-corrected chi connectivity index (χ0v) is 8.52. The molecule has 1 aliphatic rings. The number of methoxy groups -OCH3 is 1. The molecule has 0 fully saturated rings. The number of carbonyl (C=O) groups excluding carboxylic acids is 2. The number of rotatable bonds is 4. The molecule has 6 nitrogen and oxygen atoms in total. The van der Waals surface area contributed by atoms with Crippen LogP contribution in [0, 0.1) is 0 Å². The zero-order valence-electron chi connectivity index (χ0n) is 8.52. The fraction of sp³-hybridized carbons (Fsp3) is 0.556. The van der Waals surface area contributed by atoms with Gasteiger partial charge in [0.1, 0.15) is 6.61 Å². The van der Waals surface area contributed by atoms with Crippen molar-refractivity contribution in [2.75, 3.05) is 20.3 Å². The third kappa shape index (κ3) is 3.59. The van der Waals surface area contributed by atoms with Gasteiger partial charge in [-0.2, -0.15) is 0 Å². The molecule has 1 rings (SSSR count). The molecule has 0 saturated carbocycles. The van der Waals surface area contributed by atoms with E-state index < -0.39 is 18.2 Å². The first-order valence-corrected chi connectivity index (χ1v) is 4.39. The molecule has 1 unspecified atom stereocenters. The molecular formula is C9H12O6. The van der Waals surface area contributed by atoms with E-state index in [1.54, 1.807) is 6.92 Å². The van der Waals surface area contributed by atoms with Gasteiger partial charge < -0.3 is 18.9 Å². The van der Waals surface area contributed by atoms with Crippen molar-refractivity contribution in [2.24, 2.45) is 0 Å². The fourth-order valence-electron chi connectivity index (χ4n) is 0.946. The lowest BCUT2D eigenvalue weighted by atomic mass is 10.3. The topological polar surface area (TPSA) is 71.1 Å². The van der Waals surface area contributed by atoms with Gasteiger partial charge >= 0.3 is 12.1 Å². The highest BCUT2D eigenvalue weighted by Gasteiger charge is 2.25. The molecule has 0 saturated heterocycles. The first-order valence-electron chi connectivity index (χ1n) is 4.39. The van der Waals surface area contributed by atoms with E-state index in [0.717, 1.165) is 6.08 Å². The Morgan fingerprint density at radius 1 is 1.53 bits per heavy atom. The molecule has 0 N–H and O–H groups in total. The molecule has 0 bridgehead atoms. The fourth-order valence-corrected chi connectivity index (χ4v) is 0.946. The summed E-state index contributed by atoms with van der Waals surface area (Å²) >= 11 is 0. The van der Waals surface area contributed by atoms with Gasteiger partial charge in [0.2, 0.25) is 0 Å². The molecule has 1 atom stereocenters. The highest BCUT2D eigenvalue weighted by Crippen LogP contribution is 2.16. The predicted octanol–water partition coefficient (Wildman–Crippen LogP) is 0.615. The van der Waals surface area contributed by atoms with Crippen LogP contribution in [-0.4, -0.2) is 38.6 Å². The number of carbonyl (C=O) groups is 2. The second-order valence-electron chi connectivity index (χ2n) is 2.82. The maximum Gasteiger partial charge on any atom is 0.513 e. The molecule has 15 heavy (non-hydrogen) atoms. The Morgan fingerprint density at radius 3 is 2.80 bits per heavy atom. The number of hydrogen-bond donors (Lipinski definition) is 0. The summed E-state index contributed by atoms with van der Waals surface area (Å²) in [5.74, 6) is -0.371. The standard InChI is InChI=1S/C9H12O6/c1-6-7(5-8(10)14-6)15-9(11)13-4-3-12-2/h5-6H,3-4H2,1-2H3. The average Bonchev–Trinajstić information content (AvgIpc) is 2.45. The third-order valence-electron chi connectivity index (χ3n) is 1.66. The van der Waals surface area contributed by atoms with Gasteiger partial charge in [0.25, 0.3) is 0 Å². The van der Waals surface area contributed by atoms with Crippen LogP contribution in [0.15, 0.2) is 11.8 Å². The van der Waals surface area contributed by atoms with Gasteiger partial charge in [-0.15, -0.1) is 0 Å². The Bertz CT molecular complexity index is 282. The zero-order chi connectivity index (χ0) is 11.3. The SMILES string of the molecule is COCCOC(=O)OC1=CC(=O)OC1C. The summed E-state index contributed by atoms with van der Waals surface area (Å²) in [6, 6.07) is 0. The van der Waals surface area contributed by atoms with Crippen LogP contribution in [0.2, 0.25) is 0 Å². The molecule has 6 heteroatoms. The molecule has 0 amide bonds. The highest BCUT2D eigenvalue weighted by molar-refractivity contribution is 5.85. The molecule has 0 spiro atoms. The van der Waals surface area contributed by atoms with Gasteiger partial charge in [-0.1, -0.05) is 0 Å². The van der Waals surface area contributed by atoms with Crippen LogP contribution in [0.25, 0.3) is 0 Å². The predicted molar refractivity (Wildman–Crippen MR) is 47.9 cm³/mol. The minimum atomic E-state index is -0.872. The van der Waals surface area contributed by atoms with Crippen molar-refractivity contribution >= 4 is 12.1 Å². The normalized spacial score (nSPS) is 19.5. The van der Waals surface area contributed by atoms with E-state index in [1.165, 1.54) is 7.11 Å². The van der Waals surface area contributed by atoms with Crippen LogP contribution in [0.4, 0.5) is 4.79 Å². The maximum atomic E-state index is 11.0. The summed E-state index contributed by atoms with van der Waals surface area (Å²) in [6.07, 6.45) is -0.307. The van der Waals surface area contributed by atoms with E-state index in [9.17, 15) is 9.59 Å². The Labute approximate surface area is 86.7 Å². The van der Waals surface area contributed by atoms with E-state index in [2.05, 4.69) is 9.47 Å². The van der Waals surface area contributed by atoms with Crippen molar-refractivity contribution in [1.29, 1.82) is 0 Å². The number of esters is 1. The molecule has 1 aliphatic heterocycles. The Balaban J connectivity index is 2.32. The lowest BCUT2D eigenvalue weighted by Crippen LogP contribution is -2.15. The summed E-state index contributed by atoms with van der Waals surface area (Å²) in [4.78, 5) is 21.8.